The Morgan fingerprint density at radius 3 is 2.66 bits per heavy atom. The van der Waals surface area contributed by atoms with Gasteiger partial charge < -0.3 is 10.1 Å². The van der Waals surface area contributed by atoms with E-state index in [0.29, 0.717) is 39.0 Å². The summed E-state index contributed by atoms with van der Waals surface area (Å²) in [6.45, 7) is 3.36. The SMILES string of the molecule is O=C1CC(N2CCOCC2)NC(N2CCCC(F)(F)C[C@@H]2Cc2ccccc2)N1. The molecule has 3 aliphatic rings. The van der Waals surface area contributed by atoms with Crippen molar-refractivity contribution in [1.82, 2.24) is 20.4 Å². The van der Waals surface area contributed by atoms with E-state index >= 15 is 0 Å². The van der Waals surface area contributed by atoms with Crippen LogP contribution in [0.3, 0.4) is 0 Å². The van der Waals surface area contributed by atoms with Crippen molar-refractivity contribution < 1.29 is 18.3 Å². The Morgan fingerprint density at radius 1 is 1.14 bits per heavy atom. The maximum absolute atomic E-state index is 14.4. The highest BCUT2D eigenvalue weighted by atomic mass is 19.3. The topological polar surface area (TPSA) is 56.8 Å². The van der Waals surface area contributed by atoms with Crippen molar-refractivity contribution >= 4 is 5.91 Å². The molecule has 160 valence electrons. The third kappa shape index (κ3) is 5.31. The number of carbonyl (C=O) groups excluding carboxylic acids is 1. The maximum atomic E-state index is 14.4. The van der Waals surface area contributed by atoms with E-state index in [-0.39, 0.29) is 31.0 Å². The molecule has 3 fully saturated rings. The van der Waals surface area contributed by atoms with E-state index in [0.717, 1.165) is 18.7 Å². The second-order valence-corrected chi connectivity index (χ2v) is 8.25. The first-order valence-corrected chi connectivity index (χ1v) is 10.5. The largest absolute Gasteiger partial charge is 0.379 e. The molecule has 1 aromatic carbocycles. The van der Waals surface area contributed by atoms with Gasteiger partial charge in [0.25, 0.3) is 0 Å². The molecule has 29 heavy (non-hydrogen) atoms. The van der Waals surface area contributed by atoms with Crippen LogP contribution in [0.25, 0.3) is 0 Å². The molecule has 0 spiro atoms. The van der Waals surface area contributed by atoms with Crippen LogP contribution in [0.2, 0.25) is 0 Å². The average molecular weight is 408 g/mol. The minimum Gasteiger partial charge on any atom is -0.379 e. The number of nitrogens with zero attached hydrogens (tertiary/aromatic N) is 2. The van der Waals surface area contributed by atoms with Crippen LogP contribution in [-0.4, -0.2) is 73.0 Å². The first-order chi connectivity index (χ1) is 14.0. The van der Waals surface area contributed by atoms with Gasteiger partial charge in [0.15, 0.2) is 0 Å². The number of hydrogen-bond acceptors (Lipinski definition) is 5. The first-order valence-electron chi connectivity index (χ1n) is 10.5. The molecular weight excluding hydrogens is 378 g/mol. The Hall–Kier alpha value is -1.61. The third-order valence-corrected chi connectivity index (χ3v) is 6.12. The fourth-order valence-corrected chi connectivity index (χ4v) is 4.65. The Labute approximate surface area is 170 Å². The second-order valence-electron chi connectivity index (χ2n) is 8.25. The Bertz CT molecular complexity index is 685. The van der Waals surface area contributed by atoms with Crippen LogP contribution in [0.1, 0.15) is 31.2 Å². The van der Waals surface area contributed by atoms with Crippen LogP contribution in [0.15, 0.2) is 30.3 Å². The van der Waals surface area contributed by atoms with E-state index in [1.54, 1.807) is 0 Å². The lowest BCUT2D eigenvalue weighted by molar-refractivity contribution is -0.132. The molecule has 2 N–H and O–H groups in total. The fourth-order valence-electron chi connectivity index (χ4n) is 4.65. The van der Waals surface area contributed by atoms with Crippen LogP contribution >= 0.6 is 0 Å². The van der Waals surface area contributed by atoms with Crippen LogP contribution < -0.4 is 10.6 Å². The number of nitrogens with one attached hydrogen (secondary N) is 2. The van der Waals surface area contributed by atoms with Crippen molar-refractivity contribution in [2.75, 3.05) is 32.8 Å². The number of halogens is 2. The number of rotatable bonds is 4. The summed E-state index contributed by atoms with van der Waals surface area (Å²) < 4.78 is 34.3. The number of benzene rings is 1. The summed E-state index contributed by atoms with van der Waals surface area (Å²) in [5.41, 5.74) is 1.03. The average Bonchev–Trinajstić information content (AvgIpc) is 2.86. The monoisotopic (exact) mass is 408 g/mol. The number of hydrogen-bond donors (Lipinski definition) is 2. The van der Waals surface area contributed by atoms with Crippen molar-refractivity contribution in [2.45, 2.75) is 56.5 Å². The quantitative estimate of drug-likeness (QED) is 0.795. The molecular formula is C21H30F2N4O2. The van der Waals surface area contributed by atoms with Crippen LogP contribution in [0.4, 0.5) is 8.78 Å². The smallest absolute Gasteiger partial charge is 0.249 e. The van der Waals surface area contributed by atoms with E-state index in [9.17, 15) is 13.6 Å². The molecule has 3 atom stereocenters. The summed E-state index contributed by atoms with van der Waals surface area (Å²) >= 11 is 0. The van der Waals surface area contributed by atoms with E-state index in [2.05, 4.69) is 15.5 Å². The van der Waals surface area contributed by atoms with Crippen molar-refractivity contribution in [3.63, 3.8) is 0 Å². The molecule has 0 bridgehead atoms. The third-order valence-electron chi connectivity index (χ3n) is 6.12. The second kappa shape index (κ2) is 9.04. The molecule has 1 aromatic rings. The highest BCUT2D eigenvalue weighted by Gasteiger charge is 2.42. The fraction of sp³-hybridized carbons (Fsp3) is 0.667. The van der Waals surface area contributed by atoms with Gasteiger partial charge in [-0.1, -0.05) is 30.3 Å². The predicted molar refractivity (Wildman–Crippen MR) is 105 cm³/mol. The van der Waals surface area contributed by atoms with E-state index in [4.69, 9.17) is 4.74 Å². The highest BCUT2D eigenvalue weighted by molar-refractivity contribution is 5.77. The Morgan fingerprint density at radius 2 is 1.90 bits per heavy atom. The maximum Gasteiger partial charge on any atom is 0.249 e. The molecule has 8 heteroatoms. The lowest BCUT2D eigenvalue weighted by atomic mass is 9.98. The summed E-state index contributed by atoms with van der Waals surface area (Å²) in [4.78, 5) is 16.7. The molecule has 2 unspecified atom stereocenters. The zero-order valence-electron chi connectivity index (χ0n) is 16.7. The standard InChI is InChI=1S/C21H30F2N4O2/c22-21(23)7-4-8-27(17(15-21)13-16-5-2-1-3-6-16)20-24-18(14-19(28)25-20)26-9-11-29-12-10-26/h1-3,5-6,17-18,20,24H,4,7-15H2,(H,25,28)/t17-,18?,20?/m0/s1. The predicted octanol–water partition coefficient (Wildman–Crippen LogP) is 1.77. The summed E-state index contributed by atoms with van der Waals surface area (Å²) in [5, 5.41) is 6.51. The van der Waals surface area contributed by atoms with Gasteiger partial charge in [0.2, 0.25) is 11.8 Å². The van der Waals surface area contributed by atoms with Crippen molar-refractivity contribution in [3.8, 4) is 0 Å². The minimum atomic E-state index is -2.68. The molecule has 4 rings (SSSR count). The number of ether oxygens (including phenoxy) is 1. The van der Waals surface area contributed by atoms with Gasteiger partial charge in [0.05, 0.1) is 25.8 Å². The zero-order chi connectivity index (χ0) is 20.3. The van der Waals surface area contributed by atoms with Crippen LogP contribution in [0.5, 0.6) is 0 Å². The molecule has 0 radical (unpaired) electrons. The Kier molecular flexibility index (Phi) is 6.44. The first kappa shape index (κ1) is 20.7. The van der Waals surface area contributed by atoms with Crippen molar-refractivity contribution in [3.05, 3.63) is 35.9 Å². The molecule has 3 aliphatic heterocycles. The van der Waals surface area contributed by atoms with Gasteiger partial charge >= 0.3 is 0 Å². The molecule has 0 aromatic heterocycles. The number of morpholine rings is 1. The van der Waals surface area contributed by atoms with Gasteiger partial charge in [-0.3, -0.25) is 19.9 Å². The molecule has 0 aliphatic carbocycles. The normalized spacial score (nSPS) is 31.8. The zero-order valence-corrected chi connectivity index (χ0v) is 16.7. The lowest BCUT2D eigenvalue weighted by Gasteiger charge is -2.45. The number of likely N-dealkylation sites (tertiary alicyclic amines) is 1. The summed E-state index contributed by atoms with van der Waals surface area (Å²) in [6, 6.07) is 9.40. The van der Waals surface area contributed by atoms with Gasteiger partial charge in [-0.15, -0.1) is 0 Å². The van der Waals surface area contributed by atoms with Gasteiger partial charge in [-0.25, -0.2) is 8.78 Å². The highest BCUT2D eigenvalue weighted by Crippen LogP contribution is 2.33. The van der Waals surface area contributed by atoms with E-state index in [1.807, 2.05) is 35.2 Å². The van der Waals surface area contributed by atoms with Crippen LogP contribution in [0, 0.1) is 0 Å². The van der Waals surface area contributed by atoms with Gasteiger partial charge in [0.1, 0.15) is 6.29 Å². The number of carbonyl (C=O) groups is 1. The Balaban J connectivity index is 1.52. The van der Waals surface area contributed by atoms with E-state index < -0.39 is 12.2 Å². The van der Waals surface area contributed by atoms with Gasteiger partial charge in [-0.2, -0.15) is 0 Å². The van der Waals surface area contributed by atoms with Gasteiger partial charge in [-0.05, 0) is 18.4 Å². The molecule has 0 saturated carbocycles. The minimum absolute atomic E-state index is 0.0419. The summed E-state index contributed by atoms with van der Waals surface area (Å²) in [6.07, 6.45) is 0.469. The molecule has 3 heterocycles. The molecule has 3 saturated heterocycles. The number of alkyl halides is 2. The summed E-state index contributed by atoms with van der Waals surface area (Å²) in [7, 11) is 0. The number of amides is 1. The van der Waals surface area contributed by atoms with Gasteiger partial charge in [0, 0.05) is 38.5 Å². The van der Waals surface area contributed by atoms with E-state index in [1.165, 1.54) is 0 Å². The lowest BCUT2D eigenvalue weighted by Crippen LogP contribution is -2.69. The summed E-state index contributed by atoms with van der Waals surface area (Å²) in [5.74, 6) is -2.73. The van der Waals surface area contributed by atoms with Crippen LogP contribution in [-0.2, 0) is 16.0 Å². The molecule has 6 nitrogen and oxygen atoms in total. The molecule has 1 amide bonds. The van der Waals surface area contributed by atoms with Crippen molar-refractivity contribution in [1.29, 1.82) is 0 Å². The van der Waals surface area contributed by atoms with Crippen molar-refractivity contribution in [2.24, 2.45) is 0 Å².